The lowest BCUT2D eigenvalue weighted by molar-refractivity contribution is 0.0950. The standard InChI is InChI=1S/C20H17ClFN3O4S/c1-29-20-14(3-2-10-23-20)12-24-19(26)13-4-9-17(21)18(11-13)30(27,28)25-16-7-5-15(22)6-8-16/h2-11,25H,12H2,1H3,(H,24,26). The van der Waals surface area contributed by atoms with Gasteiger partial charge in [-0.1, -0.05) is 17.7 Å². The second-order valence-electron chi connectivity index (χ2n) is 6.11. The van der Waals surface area contributed by atoms with E-state index in [0.29, 0.717) is 11.4 Å². The molecule has 0 spiro atoms. The molecule has 2 N–H and O–H groups in total. The summed E-state index contributed by atoms with van der Waals surface area (Å²) in [6, 6.07) is 12.2. The van der Waals surface area contributed by atoms with Gasteiger partial charge in [0.1, 0.15) is 10.7 Å². The van der Waals surface area contributed by atoms with Gasteiger partial charge in [-0.05, 0) is 48.5 Å². The molecule has 156 valence electrons. The van der Waals surface area contributed by atoms with Crippen LogP contribution in [0.5, 0.6) is 5.88 Å². The van der Waals surface area contributed by atoms with E-state index in [1.54, 1.807) is 18.3 Å². The summed E-state index contributed by atoms with van der Waals surface area (Å²) in [6.45, 7) is 0.133. The first kappa shape index (κ1) is 21.5. The van der Waals surface area contributed by atoms with Crippen LogP contribution < -0.4 is 14.8 Å². The molecule has 30 heavy (non-hydrogen) atoms. The van der Waals surface area contributed by atoms with Crippen LogP contribution in [0.4, 0.5) is 10.1 Å². The van der Waals surface area contributed by atoms with E-state index in [1.807, 2.05) is 0 Å². The molecule has 0 saturated heterocycles. The number of carbonyl (C=O) groups excluding carboxylic acids is 1. The number of hydrogen-bond donors (Lipinski definition) is 2. The zero-order valence-electron chi connectivity index (χ0n) is 15.7. The highest BCUT2D eigenvalue weighted by Crippen LogP contribution is 2.25. The number of nitrogens with one attached hydrogen (secondary N) is 2. The van der Waals surface area contributed by atoms with Gasteiger partial charge in [0.05, 0.1) is 12.1 Å². The van der Waals surface area contributed by atoms with Gasteiger partial charge in [-0.25, -0.2) is 17.8 Å². The fraction of sp³-hybridized carbons (Fsp3) is 0.100. The third-order valence-electron chi connectivity index (χ3n) is 4.06. The summed E-state index contributed by atoms with van der Waals surface area (Å²) < 4.78 is 45.9. The molecule has 10 heteroatoms. The first-order valence-electron chi connectivity index (χ1n) is 8.64. The molecule has 1 amide bonds. The van der Waals surface area contributed by atoms with Crippen LogP contribution >= 0.6 is 11.6 Å². The Balaban J connectivity index is 1.80. The zero-order chi connectivity index (χ0) is 21.7. The van der Waals surface area contributed by atoms with Crippen molar-refractivity contribution in [3.8, 4) is 5.88 Å². The molecule has 0 aliphatic rings. The van der Waals surface area contributed by atoms with Gasteiger partial charge in [0.2, 0.25) is 5.88 Å². The number of nitrogens with zero attached hydrogens (tertiary/aromatic N) is 1. The van der Waals surface area contributed by atoms with Crippen LogP contribution in [0.2, 0.25) is 5.02 Å². The quantitative estimate of drug-likeness (QED) is 0.574. The van der Waals surface area contributed by atoms with Gasteiger partial charge < -0.3 is 10.1 Å². The van der Waals surface area contributed by atoms with E-state index in [4.69, 9.17) is 16.3 Å². The Morgan fingerprint density at radius 2 is 1.90 bits per heavy atom. The highest BCUT2D eigenvalue weighted by Gasteiger charge is 2.20. The van der Waals surface area contributed by atoms with Crippen molar-refractivity contribution in [1.82, 2.24) is 10.3 Å². The molecule has 0 unspecified atom stereocenters. The van der Waals surface area contributed by atoms with E-state index in [-0.39, 0.29) is 27.7 Å². The number of carbonyl (C=O) groups is 1. The van der Waals surface area contributed by atoms with Crippen LogP contribution in [0.3, 0.4) is 0 Å². The molecule has 0 saturated carbocycles. The first-order valence-corrected chi connectivity index (χ1v) is 10.5. The van der Waals surface area contributed by atoms with Crippen LogP contribution in [-0.2, 0) is 16.6 Å². The first-order chi connectivity index (χ1) is 14.3. The Labute approximate surface area is 177 Å². The maximum Gasteiger partial charge on any atom is 0.263 e. The molecule has 1 aromatic heterocycles. The summed E-state index contributed by atoms with van der Waals surface area (Å²) in [4.78, 5) is 16.3. The number of ether oxygens (including phenoxy) is 1. The number of anilines is 1. The summed E-state index contributed by atoms with van der Waals surface area (Å²) in [5.41, 5.74) is 0.917. The molecule has 3 rings (SSSR count). The minimum absolute atomic E-state index is 0.0601. The van der Waals surface area contributed by atoms with Crippen molar-refractivity contribution in [1.29, 1.82) is 0 Å². The van der Waals surface area contributed by atoms with Gasteiger partial charge in [0.15, 0.2) is 0 Å². The number of hydrogen-bond acceptors (Lipinski definition) is 5. The van der Waals surface area contributed by atoms with Gasteiger partial charge in [0, 0.05) is 29.6 Å². The minimum Gasteiger partial charge on any atom is -0.481 e. The van der Waals surface area contributed by atoms with Crippen molar-refractivity contribution in [2.24, 2.45) is 0 Å². The molecule has 0 atom stereocenters. The maximum absolute atomic E-state index is 13.0. The lowest BCUT2D eigenvalue weighted by Crippen LogP contribution is -2.24. The van der Waals surface area contributed by atoms with Gasteiger partial charge in [-0.2, -0.15) is 0 Å². The maximum atomic E-state index is 13.0. The molecular formula is C20H17ClFN3O4S. The Morgan fingerprint density at radius 3 is 2.60 bits per heavy atom. The Morgan fingerprint density at radius 1 is 1.17 bits per heavy atom. The number of halogens is 2. The molecule has 0 aliphatic heterocycles. The predicted octanol–water partition coefficient (Wildman–Crippen LogP) is 3.61. The molecule has 0 radical (unpaired) electrons. The minimum atomic E-state index is -4.11. The Hall–Kier alpha value is -3.17. The van der Waals surface area contributed by atoms with E-state index < -0.39 is 21.7 Å². The van der Waals surface area contributed by atoms with Gasteiger partial charge >= 0.3 is 0 Å². The third kappa shape index (κ3) is 5.05. The number of sulfonamides is 1. The fourth-order valence-corrected chi connectivity index (χ4v) is 4.18. The van der Waals surface area contributed by atoms with E-state index in [0.717, 1.165) is 12.1 Å². The van der Waals surface area contributed by atoms with Gasteiger partial charge in [-0.15, -0.1) is 0 Å². The van der Waals surface area contributed by atoms with Crippen molar-refractivity contribution in [3.05, 3.63) is 82.8 Å². The normalized spacial score (nSPS) is 11.0. The third-order valence-corrected chi connectivity index (χ3v) is 5.92. The smallest absolute Gasteiger partial charge is 0.263 e. The molecule has 1 heterocycles. The highest BCUT2D eigenvalue weighted by molar-refractivity contribution is 7.92. The topological polar surface area (TPSA) is 97.4 Å². The molecule has 3 aromatic rings. The number of rotatable bonds is 7. The summed E-state index contributed by atoms with van der Waals surface area (Å²) in [5.74, 6) is -0.628. The predicted molar refractivity (Wildman–Crippen MR) is 111 cm³/mol. The van der Waals surface area contributed by atoms with Crippen LogP contribution in [-0.4, -0.2) is 26.4 Å². The molecule has 0 aliphatic carbocycles. The SMILES string of the molecule is COc1ncccc1CNC(=O)c1ccc(Cl)c(S(=O)(=O)Nc2ccc(F)cc2)c1. The average molecular weight is 450 g/mol. The summed E-state index contributed by atoms with van der Waals surface area (Å²) in [5, 5.41) is 2.62. The second-order valence-corrected chi connectivity index (χ2v) is 8.17. The average Bonchev–Trinajstić information content (AvgIpc) is 2.74. The van der Waals surface area contributed by atoms with Gasteiger partial charge in [0.25, 0.3) is 15.9 Å². The van der Waals surface area contributed by atoms with E-state index in [2.05, 4.69) is 15.0 Å². The van der Waals surface area contributed by atoms with Crippen molar-refractivity contribution in [2.45, 2.75) is 11.4 Å². The molecule has 0 fully saturated rings. The van der Waals surface area contributed by atoms with Crippen molar-refractivity contribution >= 4 is 33.2 Å². The summed E-state index contributed by atoms with van der Waals surface area (Å²) >= 11 is 6.05. The Bertz CT molecular complexity index is 1170. The lowest BCUT2D eigenvalue weighted by atomic mass is 10.2. The van der Waals surface area contributed by atoms with Crippen LogP contribution in [0.25, 0.3) is 0 Å². The Kier molecular flexibility index (Phi) is 6.53. The number of amides is 1. The molecule has 2 aromatic carbocycles. The van der Waals surface area contributed by atoms with Crippen LogP contribution in [0, 0.1) is 5.82 Å². The summed E-state index contributed by atoms with van der Waals surface area (Å²) in [7, 11) is -2.63. The van der Waals surface area contributed by atoms with Crippen LogP contribution in [0.15, 0.2) is 65.7 Å². The summed E-state index contributed by atoms with van der Waals surface area (Å²) in [6.07, 6.45) is 1.56. The lowest BCUT2D eigenvalue weighted by Gasteiger charge is -2.12. The number of methoxy groups -OCH3 is 1. The fourth-order valence-electron chi connectivity index (χ4n) is 2.60. The monoisotopic (exact) mass is 449 g/mol. The molecular weight excluding hydrogens is 433 g/mol. The number of benzene rings is 2. The zero-order valence-corrected chi connectivity index (χ0v) is 17.3. The van der Waals surface area contributed by atoms with Crippen LogP contribution in [0.1, 0.15) is 15.9 Å². The van der Waals surface area contributed by atoms with E-state index in [1.165, 1.54) is 37.4 Å². The van der Waals surface area contributed by atoms with E-state index in [9.17, 15) is 17.6 Å². The molecule has 0 bridgehead atoms. The van der Waals surface area contributed by atoms with Crippen molar-refractivity contribution in [3.63, 3.8) is 0 Å². The van der Waals surface area contributed by atoms with Crippen molar-refractivity contribution < 1.29 is 22.3 Å². The molecule has 7 nitrogen and oxygen atoms in total. The second kappa shape index (κ2) is 9.10. The van der Waals surface area contributed by atoms with Gasteiger partial charge in [-0.3, -0.25) is 9.52 Å². The van der Waals surface area contributed by atoms with E-state index >= 15 is 0 Å². The highest BCUT2D eigenvalue weighted by atomic mass is 35.5. The van der Waals surface area contributed by atoms with Crippen molar-refractivity contribution in [2.75, 3.05) is 11.8 Å². The largest absolute Gasteiger partial charge is 0.481 e. The number of aromatic nitrogens is 1. The number of pyridine rings is 1.